The lowest BCUT2D eigenvalue weighted by molar-refractivity contribution is -0.688. The van der Waals surface area contributed by atoms with Gasteiger partial charge in [0.25, 0.3) is 0 Å². The van der Waals surface area contributed by atoms with E-state index in [2.05, 4.69) is 6.58 Å². The molecule has 1 saturated heterocycles. The van der Waals surface area contributed by atoms with Crippen LogP contribution in [-0.4, -0.2) is 51.2 Å². The number of carboxylic acid groups (broad SMARTS) is 1. The summed E-state index contributed by atoms with van der Waals surface area (Å²) in [6.45, 7) is 7.36. The van der Waals surface area contributed by atoms with Crippen molar-refractivity contribution >= 4 is 34.2 Å². The van der Waals surface area contributed by atoms with Crippen molar-refractivity contribution in [3.63, 3.8) is 0 Å². The first-order chi connectivity index (χ1) is 14.3. The van der Waals surface area contributed by atoms with Gasteiger partial charge in [-0.1, -0.05) is 30.9 Å². The molecule has 10 heteroatoms. The lowest BCUT2D eigenvalue weighted by Crippen LogP contribution is -2.64. The number of nitrogens with zero attached hydrogens (tertiary/aromatic N) is 3. The minimum atomic E-state index is -1.13. The predicted molar refractivity (Wildman–Crippen MR) is 106 cm³/mol. The van der Waals surface area contributed by atoms with E-state index in [-0.39, 0.29) is 30.2 Å². The van der Waals surface area contributed by atoms with Crippen LogP contribution in [-0.2, 0) is 25.6 Å². The van der Waals surface area contributed by atoms with Crippen molar-refractivity contribution in [3.05, 3.63) is 48.0 Å². The van der Waals surface area contributed by atoms with E-state index in [1.54, 1.807) is 18.3 Å². The highest BCUT2D eigenvalue weighted by atomic mass is 32.1. The van der Waals surface area contributed by atoms with Gasteiger partial charge >= 0.3 is 12.1 Å². The van der Waals surface area contributed by atoms with Gasteiger partial charge in [0.05, 0.1) is 12.0 Å². The molecule has 2 aliphatic rings. The van der Waals surface area contributed by atoms with E-state index in [1.165, 1.54) is 11.0 Å². The van der Waals surface area contributed by atoms with Crippen molar-refractivity contribution < 1.29 is 33.5 Å². The summed E-state index contributed by atoms with van der Waals surface area (Å²) in [4.78, 5) is 38.9. The molecular formula is C20H22N3O6S+. The topological polar surface area (TPSA) is 101 Å². The van der Waals surface area contributed by atoms with Gasteiger partial charge in [-0.05, 0) is 6.92 Å². The number of aliphatic carboxylic acids is 1. The number of rotatable bonds is 7. The highest BCUT2D eigenvalue weighted by Gasteiger charge is 2.61. The Morgan fingerprint density at radius 3 is 2.90 bits per heavy atom. The molecule has 2 aromatic heterocycles. The first-order valence-electron chi connectivity index (χ1n) is 9.51. The SMILES string of the molecule is C=CCOC(=O)O[C@H](C)[C@H]1C(=O)N2C(C(=O)O)=C(C[n+]3cc4sccn4c3)[C@H](C)[C@H]12. The fourth-order valence-corrected chi connectivity index (χ4v) is 5.09. The summed E-state index contributed by atoms with van der Waals surface area (Å²) in [5, 5.41) is 11.8. The van der Waals surface area contributed by atoms with E-state index in [0.29, 0.717) is 12.1 Å². The highest BCUT2D eigenvalue weighted by molar-refractivity contribution is 7.15. The van der Waals surface area contributed by atoms with Gasteiger partial charge in [0.15, 0.2) is 0 Å². The zero-order valence-corrected chi connectivity index (χ0v) is 17.4. The maximum Gasteiger partial charge on any atom is 0.508 e. The number of carbonyl (C=O) groups is 3. The minimum absolute atomic E-state index is 0.0112. The van der Waals surface area contributed by atoms with Crippen molar-refractivity contribution in [2.24, 2.45) is 11.8 Å². The Morgan fingerprint density at radius 1 is 1.47 bits per heavy atom. The number of fused-ring (bicyclic) bond motifs is 2. The Morgan fingerprint density at radius 2 is 2.23 bits per heavy atom. The number of amides is 1. The molecule has 0 radical (unpaired) electrons. The van der Waals surface area contributed by atoms with Crippen LogP contribution in [0.2, 0.25) is 0 Å². The van der Waals surface area contributed by atoms with Crippen LogP contribution < -0.4 is 4.57 Å². The van der Waals surface area contributed by atoms with Gasteiger partial charge in [-0.2, -0.15) is 4.40 Å². The van der Waals surface area contributed by atoms with Crippen LogP contribution in [0, 0.1) is 11.8 Å². The van der Waals surface area contributed by atoms with Crippen LogP contribution in [0.5, 0.6) is 0 Å². The number of hydrogen-bond donors (Lipinski definition) is 1. The Balaban J connectivity index is 1.55. The summed E-state index contributed by atoms with van der Waals surface area (Å²) in [5.41, 5.74) is 0.699. The van der Waals surface area contributed by atoms with Gasteiger partial charge in [0, 0.05) is 16.9 Å². The number of carbonyl (C=O) groups excluding carboxylic acids is 2. The first kappa shape index (κ1) is 20.1. The summed E-state index contributed by atoms with van der Waals surface area (Å²) < 4.78 is 13.9. The monoisotopic (exact) mass is 432 g/mol. The molecule has 0 aliphatic carbocycles. The van der Waals surface area contributed by atoms with Crippen molar-refractivity contribution in [1.82, 2.24) is 9.30 Å². The van der Waals surface area contributed by atoms with Crippen LogP contribution in [0.1, 0.15) is 13.8 Å². The maximum absolute atomic E-state index is 12.8. The van der Waals surface area contributed by atoms with Crippen molar-refractivity contribution in [2.75, 3.05) is 6.61 Å². The third kappa shape index (κ3) is 3.17. The van der Waals surface area contributed by atoms with E-state index in [0.717, 1.165) is 4.83 Å². The molecule has 1 amide bonds. The van der Waals surface area contributed by atoms with Gasteiger partial charge < -0.3 is 19.5 Å². The van der Waals surface area contributed by atoms with Crippen LogP contribution >= 0.6 is 11.3 Å². The smallest absolute Gasteiger partial charge is 0.477 e. The Bertz CT molecular complexity index is 1040. The fraction of sp³-hybridized carbons (Fsp3) is 0.400. The van der Waals surface area contributed by atoms with Crippen LogP contribution in [0.4, 0.5) is 4.79 Å². The molecule has 1 N–H and O–H groups in total. The molecule has 0 aromatic carbocycles. The number of imidazole rings is 1. The Kier molecular flexibility index (Phi) is 5.10. The second-order valence-electron chi connectivity index (χ2n) is 7.43. The number of β-lactam (4-membered cyclic amide) rings is 1. The summed E-state index contributed by atoms with van der Waals surface area (Å²) in [6, 6.07) is -0.370. The van der Waals surface area contributed by atoms with Gasteiger partial charge in [-0.15, -0.1) is 0 Å². The second kappa shape index (κ2) is 7.60. The number of hydrogen-bond acceptors (Lipinski definition) is 6. The minimum Gasteiger partial charge on any atom is -0.477 e. The molecule has 158 valence electrons. The molecule has 0 spiro atoms. The molecule has 4 atom stereocenters. The molecule has 4 rings (SSSR count). The molecule has 30 heavy (non-hydrogen) atoms. The Labute approximate surface area is 176 Å². The molecular weight excluding hydrogens is 410 g/mol. The van der Waals surface area contributed by atoms with Crippen LogP contribution in [0.3, 0.4) is 0 Å². The maximum atomic E-state index is 12.8. The summed E-state index contributed by atoms with van der Waals surface area (Å²) in [7, 11) is 0. The molecule has 1 fully saturated rings. The average Bonchev–Trinajstić information content (AvgIpc) is 3.33. The van der Waals surface area contributed by atoms with Crippen molar-refractivity contribution in [1.29, 1.82) is 0 Å². The van der Waals surface area contributed by atoms with Gasteiger partial charge in [-0.25, -0.2) is 14.2 Å². The number of thiazole rings is 1. The lowest BCUT2D eigenvalue weighted by atomic mass is 9.77. The largest absolute Gasteiger partial charge is 0.508 e. The van der Waals surface area contributed by atoms with Crippen molar-refractivity contribution in [3.8, 4) is 0 Å². The van der Waals surface area contributed by atoms with Crippen LogP contribution in [0.25, 0.3) is 4.83 Å². The summed E-state index contributed by atoms with van der Waals surface area (Å²) in [6.07, 6.45) is 5.57. The van der Waals surface area contributed by atoms with E-state index in [9.17, 15) is 19.5 Å². The average molecular weight is 432 g/mol. The molecule has 9 nitrogen and oxygen atoms in total. The van der Waals surface area contributed by atoms with Gasteiger partial charge in [0.2, 0.25) is 17.1 Å². The predicted octanol–water partition coefficient (Wildman–Crippen LogP) is 1.83. The normalized spacial score (nSPS) is 23.9. The Hall–Kier alpha value is -3.14. The third-order valence-electron chi connectivity index (χ3n) is 5.67. The third-order valence-corrected chi connectivity index (χ3v) is 6.49. The van der Waals surface area contributed by atoms with Gasteiger partial charge in [-0.3, -0.25) is 4.79 Å². The standard InChI is InChI=1S/C20H21N3O6S/c1-4-6-28-20(27)29-12(3)15-16-11(2)13(17(19(25)26)23(16)18(15)24)8-21-9-14-22(10-21)5-7-30-14/h4-5,7,9-12,15-16H,1,6,8H2,2-3H3/p+1/t11-,12+,15+,16+/m0/s1. The summed E-state index contributed by atoms with van der Waals surface area (Å²) >= 11 is 1.58. The molecule has 0 saturated carbocycles. The lowest BCUT2D eigenvalue weighted by Gasteiger charge is -2.46. The van der Waals surface area contributed by atoms with Gasteiger partial charge in [0.1, 0.15) is 37.3 Å². The molecule has 0 bridgehead atoms. The first-order valence-corrected chi connectivity index (χ1v) is 10.4. The number of carboxylic acids is 1. The second-order valence-corrected chi connectivity index (χ2v) is 8.36. The summed E-state index contributed by atoms with van der Waals surface area (Å²) in [5.74, 6) is -2.30. The van der Waals surface area contributed by atoms with E-state index < -0.39 is 24.1 Å². The number of ether oxygens (including phenoxy) is 2. The van der Waals surface area contributed by atoms with E-state index in [1.807, 2.05) is 40.0 Å². The van der Waals surface area contributed by atoms with E-state index >= 15 is 0 Å². The molecule has 2 aromatic rings. The zero-order chi connectivity index (χ0) is 21.6. The fourth-order valence-electron chi connectivity index (χ4n) is 4.34. The highest BCUT2D eigenvalue weighted by Crippen LogP contribution is 2.47. The number of aromatic nitrogens is 2. The van der Waals surface area contributed by atoms with Crippen LogP contribution in [0.15, 0.2) is 48.0 Å². The quantitative estimate of drug-likeness (QED) is 0.310. The molecule has 4 heterocycles. The zero-order valence-electron chi connectivity index (χ0n) is 16.6. The molecule has 0 unspecified atom stereocenters. The van der Waals surface area contributed by atoms with Crippen molar-refractivity contribution in [2.45, 2.75) is 32.5 Å². The molecule has 2 aliphatic heterocycles. The van der Waals surface area contributed by atoms with E-state index in [4.69, 9.17) is 9.47 Å².